The summed E-state index contributed by atoms with van der Waals surface area (Å²) in [6, 6.07) is 11.9. The number of sulfonamides is 1. The van der Waals surface area contributed by atoms with E-state index in [4.69, 9.17) is 0 Å². The van der Waals surface area contributed by atoms with Crippen molar-refractivity contribution in [1.82, 2.24) is 15.6 Å². The SMILES string of the molecule is O=C(CCN=C1NS(=O)(=O)c2ccccc21)NNC(=O)Cc1ccc(F)cc1. The zero-order chi connectivity index (χ0) is 20.1. The Bertz CT molecular complexity index is 1040. The van der Waals surface area contributed by atoms with Gasteiger partial charge in [0.15, 0.2) is 0 Å². The molecule has 1 heterocycles. The van der Waals surface area contributed by atoms with Crippen LogP contribution in [0.3, 0.4) is 0 Å². The van der Waals surface area contributed by atoms with E-state index in [0.29, 0.717) is 11.1 Å². The van der Waals surface area contributed by atoms with Crippen LogP contribution in [0.4, 0.5) is 4.39 Å². The molecule has 0 saturated heterocycles. The molecule has 8 nitrogen and oxygen atoms in total. The molecule has 1 aliphatic rings. The van der Waals surface area contributed by atoms with E-state index in [1.165, 1.54) is 30.3 Å². The Hall–Kier alpha value is -3.27. The zero-order valence-electron chi connectivity index (χ0n) is 14.6. The van der Waals surface area contributed by atoms with Crippen LogP contribution in [0.25, 0.3) is 0 Å². The van der Waals surface area contributed by atoms with Gasteiger partial charge in [0.2, 0.25) is 11.8 Å². The van der Waals surface area contributed by atoms with Crippen molar-refractivity contribution in [3.05, 3.63) is 65.5 Å². The monoisotopic (exact) mass is 404 g/mol. The van der Waals surface area contributed by atoms with Crippen LogP contribution in [0.5, 0.6) is 0 Å². The largest absolute Gasteiger partial charge is 0.273 e. The average molecular weight is 404 g/mol. The second-order valence-electron chi connectivity index (χ2n) is 5.98. The van der Waals surface area contributed by atoms with Crippen molar-refractivity contribution in [3.63, 3.8) is 0 Å². The maximum Gasteiger partial charge on any atom is 0.263 e. The molecular weight excluding hydrogens is 387 g/mol. The fourth-order valence-corrected chi connectivity index (χ4v) is 3.81. The van der Waals surface area contributed by atoms with E-state index in [1.54, 1.807) is 18.2 Å². The van der Waals surface area contributed by atoms with Crippen molar-refractivity contribution in [2.45, 2.75) is 17.7 Å². The summed E-state index contributed by atoms with van der Waals surface area (Å²) in [5.41, 5.74) is 5.57. The predicted molar refractivity (Wildman–Crippen MR) is 99.2 cm³/mol. The van der Waals surface area contributed by atoms with Crippen molar-refractivity contribution in [1.29, 1.82) is 0 Å². The number of amidine groups is 1. The van der Waals surface area contributed by atoms with Crippen molar-refractivity contribution in [2.24, 2.45) is 4.99 Å². The fraction of sp³-hybridized carbons (Fsp3) is 0.167. The van der Waals surface area contributed by atoms with Gasteiger partial charge in [0, 0.05) is 12.0 Å². The normalized spacial score (nSPS) is 15.5. The fourth-order valence-electron chi connectivity index (χ4n) is 2.55. The van der Waals surface area contributed by atoms with Gasteiger partial charge in [0.25, 0.3) is 10.0 Å². The highest BCUT2D eigenvalue weighted by molar-refractivity contribution is 7.90. The first-order valence-corrected chi connectivity index (χ1v) is 9.82. The van der Waals surface area contributed by atoms with Crippen LogP contribution in [0.1, 0.15) is 17.5 Å². The molecule has 10 heteroatoms. The van der Waals surface area contributed by atoms with Gasteiger partial charge < -0.3 is 0 Å². The molecule has 2 aromatic rings. The first kappa shape index (κ1) is 19.5. The zero-order valence-corrected chi connectivity index (χ0v) is 15.4. The van der Waals surface area contributed by atoms with Gasteiger partial charge in [-0.05, 0) is 29.8 Å². The number of halogens is 1. The topological polar surface area (TPSA) is 117 Å². The second kappa shape index (κ2) is 8.17. The Balaban J connectivity index is 1.47. The minimum atomic E-state index is -3.62. The lowest BCUT2D eigenvalue weighted by molar-refractivity contribution is -0.128. The summed E-state index contributed by atoms with van der Waals surface area (Å²) in [4.78, 5) is 27.8. The van der Waals surface area contributed by atoms with Crippen molar-refractivity contribution in [3.8, 4) is 0 Å². The molecule has 0 spiro atoms. The molecule has 3 N–H and O–H groups in total. The molecule has 0 bridgehead atoms. The predicted octanol–water partition coefficient (Wildman–Crippen LogP) is 0.644. The average Bonchev–Trinajstić information content (AvgIpc) is 2.93. The van der Waals surface area contributed by atoms with E-state index in [1.807, 2.05) is 0 Å². The Labute approximate surface area is 160 Å². The highest BCUT2D eigenvalue weighted by atomic mass is 32.2. The van der Waals surface area contributed by atoms with Crippen LogP contribution in [-0.4, -0.2) is 32.6 Å². The minimum absolute atomic E-state index is 0.0125. The van der Waals surface area contributed by atoms with Gasteiger partial charge in [-0.3, -0.25) is 30.2 Å². The summed E-state index contributed by atoms with van der Waals surface area (Å²) in [6.07, 6.45) is -0.0638. The summed E-state index contributed by atoms with van der Waals surface area (Å²) < 4.78 is 39.1. The van der Waals surface area contributed by atoms with E-state index in [0.717, 1.165) is 0 Å². The van der Waals surface area contributed by atoms with Gasteiger partial charge in [-0.25, -0.2) is 12.8 Å². The van der Waals surface area contributed by atoms with Crippen LogP contribution < -0.4 is 15.6 Å². The third-order valence-electron chi connectivity index (χ3n) is 3.89. The van der Waals surface area contributed by atoms with Crippen LogP contribution >= 0.6 is 0 Å². The van der Waals surface area contributed by atoms with E-state index in [2.05, 4.69) is 20.6 Å². The lowest BCUT2D eigenvalue weighted by atomic mass is 10.1. The van der Waals surface area contributed by atoms with Crippen LogP contribution in [0.15, 0.2) is 58.4 Å². The van der Waals surface area contributed by atoms with Gasteiger partial charge in [0.1, 0.15) is 11.7 Å². The van der Waals surface area contributed by atoms with Crippen LogP contribution in [-0.2, 0) is 26.0 Å². The number of hydrogen-bond donors (Lipinski definition) is 3. The number of hydrazine groups is 1. The molecule has 1 aliphatic heterocycles. The van der Waals surface area contributed by atoms with Crippen molar-refractivity contribution >= 4 is 27.7 Å². The number of hydrogen-bond acceptors (Lipinski definition) is 5. The van der Waals surface area contributed by atoms with Crippen molar-refractivity contribution in [2.75, 3.05) is 6.54 Å². The summed E-state index contributed by atoms with van der Waals surface area (Å²) >= 11 is 0. The number of aliphatic imine (C=N–C) groups is 1. The molecular formula is C18H17FN4O4S. The van der Waals surface area contributed by atoms with Gasteiger partial charge in [0.05, 0.1) is 17.9 Å². The highest BCUT2D eigenvalue weighted by Gasteiger charge is 2.29. The van der Waals surface area contributed by atoms with E-state index < -0.39 is 27.7 Å². The van der Waals surface area contributed by atoms with E-state index in [-0.39, 0.29) is 30.1 Å². The Morgan fingerprint density at radius 1 is 1.00 bits per heavy atom. The molecule has 2 aromatic carbocycles. The van der Waals surface area contributed by atoms with E-state index >= 15 is 0 Å². The third kappa shape index (κ3) is 4.71. The lowest BCUT2D eigenvalue weighted by Crippen LogP contribution is -2.42. The van der Waals surface area contributed by atoms with Gasteiger partial charge in [-0.2, -0.15) is 0 Å². The smallest absolute Gasteiger partial charge is 0.263 e. The molecule has 0 atom stereocenters. The molecule has 28 heavy (non-hydrogen) atoms. The van der Waals surface area contributed by atoms with Gasteiger partial charge >= 0.3 is 0 Å². The maximum absolute atomic E-state index is 12.8. The van der Waals surface area contributed by atoms with Crippen LogP contribution in [0.2, 0.25) is 0 Å². The second-order valence-corrected chi connectivity index (χ2v) is 7.63. The molecule has 2 amide bonds. The molecule has 0 unspecified atom stereocenters. The van der Waals surface area contributed by atoms with Gasteiger partial charge in [-0.15, -0.1) is 0 Å². The number of nitrogens with one attached hydrogen (secondary N) is 3. The Morgan fingerprint density at radius 3 is 2.43 bits per heavy atom. The molecule has 0 aromatic heterocycles. The van der Waals surface area contributed by atoms with Crippen molar-refractivity contribution < 1.29 is 22.4 Å². The Kier molecular flexibility index (Phi) is 5.69. The molecule has 146 valence electrons. The summed E-state index contributed by atoms with van der Waals surface area (Å²) in [5.74, 6) is -1.15. The molecule has 0 radical (unpaired) electrons. The number of carbonyl (C=O) groups excluding carboxylic acids is 2. The first-order chi connectivity index (χ1) is 13.3. The number of benzene rings is 2. The summed E-state index contributed by atoms with van der Waals surface area (Å²) in [6.45, 7) is 0.0336. The minimum Gasteiger partial charge on any atom is -0.273 e. The number of fused-ring (bicyclic) bond motifs is 1. The molecule has 3 rings (SSSR count). The number of carbonyl (C=O) groups is 2. The first-order valence-electron chi connectivity index (χ1n) is 8.34. The molecule has 0 saturated carbocycles. The third-order valence-corrected chi connectivity index (χ3v) is 5.29. The number of rotatable bonds is 5. The molecule has 0 aliphatic carbocycles. The molecule has 0 fully saturated rings. The highest BCUT2D eigenvalue weighted by Crippen LogP contribution is 2.22. The number of amides is 2. The lowest BCUT2D eigenvalue weighted by Gasteiger charge is -2.07. The number of nitrogens with zero attached hydrogens (tertiary/aromatic N) is 1. The van der Waals surface area contributed by atoms with Crippen LogP contribution in [0, 0.1) is 5.82 Å². The maximum atomic E-state index is 12.8. The Morgan fingerprint density at radius 2 is 1.68 bits per heavy atom. The summed E-state index contributed by atoms with van der Waals surface area (Å²) in [5, 5.41) is 0. The standard InChI is InChI=1S/C18H17FN4O4S/c19-13-7-5-12(6-8-13)11-17(25)22-21-16(24)9-10-20-18-14-3-1-2-4-15(14)28(26,27)23-18/h1-8H,9-11H2,(H,20,23)(H,21,24)(H,22,25). The van der Waals surface area contributed by atoms with Gasteiger partial charge in [-0.1, -0.05) is 24.3 Å². The van der Waals surface area contributed by atoms with E-state index in [9.17, 15) is 22.4 Å². The summed E-state index contributed by atoms with van der Waals surface area (Å²) in [7, 11) is -3.62. The quantitative estimate of drug-likeness (QED) is 0.634.